The average molecular weight is 480 g/mol. The Morgan fingerprint density at radius 2 is 1.85 bits per heavy atom. The van der Waals surface area contributed by atoms with Crippen LogP contribution in [0.1, 0.15) is 41.9 Å². The highest BCUT2D eigenvalue weighted by Gasteiger charge is 2.42. The molecule has 0 bridgehead atoms. The lowest BCUT2D eigenvalue weighted by Crippen LogP contribution is -2.34. The van der Waals surface area contributed by atoms with Gasteiger partial charge in [-0.2, -0.15) is 13.2 Å². The van der Waals surface area contributed by atoms with Crippen LogP contribution < -0.4 is 14.9 Å². The van der Waals surface area contributed by atoms with E-state index >= 15 is 0 Å². The van der Waals surface area contributed by atoms with Crippen LogP contribution in [0.2, 0.25) is 0 Å². The minimum absolute atomic E-state index is 0.148. The molecule has 5 rings (SSSR count). The van der Waals surface area contributed by atoms with E-state index < -0.39 is 26.7 Å². The molecule has 2 heterocycles. The van der Waals surface area contributed by atoms with Gasteiger partial charge in [0.1, 0.15) is 0 Å². The van der Waals surface area contributed by atoms with Gasteiger partial charge in [-0.25, -0.2) is 8.42 Å². The largest absolute Gasteiger partial charge is 0.417 e. The van der Waals surface area contributed by atoms with E-state index in [1.807, 2.05) is 12.1 Å². The topological polar surface area (TPSA) is 61.4 Å². The molecule has 1 saturated heterocycles. The molecule has 0 radical (unpaired) electrons. The Balaban J connectivity index is 1.31. The third kappa shape index (κ3) is 4.50. The molecule has 2 fully saturated rings. The summed E-state index contributed by atoms with van der Waals surface area (Å²) in [4.78, 5) is -0.696. The highest BCUT2D eigenvalue weighted by Crippen LogP contribution is 2.44. The number of hydrogen-bond donors (Lipinski definition) is 2. The van der Waals surface area contributed by atoms with Crippen molar-refractivity contribution >= 4 is 15.7 Å². The SMILES string of the molecule is O=S(=O)(c1ccccc1C(F)(F)F)N1CCc2cc([C@@H]3C[C@H]3NCC3CCNCC3)ccc21. The van der Waals surface area contributed by atoms with Crippen LogP contribution in [0.4, 0.5) is 18.9 Å². The highest BCUT2D eigenvalue weighted by atomic mass is 32.2. The molecule has 0 amide bonds. The molecular formula is C24H28F3N3O2S. The summed E-state index contributed by atoms with van der Waals surface area (Å²) in [6.45, 7) is 3.34. The Kier molecular flexibility index (Phi) is 5.91. The molecule has 2 aromatic carbocycles. The van der Waals surface area contributed by atoms with Gasteiger partial charge in [0.05, 0.1) is 16.1 Å². The van der Waals surface area contributed by atoms with Crippen molar-refractivity contribution in [1.29, 1.82) is 0 Å². The number of anilines is 1. The number of alkyl halides is 3. The van der Waals surface area contributed by atoms with Gasteiger partial charge in [0.15, 0.2) is 0 Å². The Morgan fingerprint density at radius 3 is 2.61 bits per heavy atom. The number of sulfonamides is 1. The van der Waals surface area contributed by atoms with Crippen LogP contribution in [-0.4, -0.2) is 40.6 Å². The van der Waals surface area contributed by atoms with Crippen LogP contribution in [-0.2, 0) is 22.6 Å². The molecule has 33 heavy (non-hydrogen) atoms. The second kappa shape index (κ2) is 8.60. The lowest BCUT2D eigenvalue weighted by atomic mass is 9.98. The van der Waals surface area contributed by atoms with Crippen molar-refractivity contribution in [2.75, 3.05) is 30.5 Å². The van der Waals surface area contributed by atoms with Gasteiger partial charge in [0.2, 0.25) is 0 Å². The summed E-state index contributed by atoms with van der Waals surface area (Å²) in [6.07, 6.45) is -0.782. The molecule has 2 atom stereocenters. The predicted molar refractivity (Wildman–Crippen MR) is 121 cm³/mol. The number of benzene rings is 2. The number of rotatable bonds is 6. The third-order valence-electron chi connectivity index (χ3n) is 7.06. The van der Waals surface area contributed by atoms with E-state index in [0.717, 1.165) is 48.1 Å². The van der Waals surface area contributed by atoms with Crippen molar-refractivity contribution in [3.05, 3.63) is 59.2 Å². The molecule has 5 nitrogen and oxygen atoms in total. The summed E-state index contributed by atoms with van der Waals surface area (Å²) in [5.74, 6) is 1.12. The Bertz CT molecular complexity index is 1130. The van der Waals surface area contributed by atoms with Crippen molar-refractivity contribution in [1.82, 2.24) is 10.6 Å². The van der Waals surface area contributed by atoms with Crippen molar-refractivity contribution in [2.24, 2.45) is 5.92 Å². The molecule has 0 unspecified atom stereocenters. The van der Waals surface area contributed by atoms with Crippen LogP contribution in [0.3, 0.4) is 0 Å². The maximum Gasteiger partial charge on any atom is 0.417 e. The summed E-state index contributed by atoms with van der Waals surface area (Å²) in [5.41, 5.74) is 1.40. The van der Waals surface area contributed by atoms with Gasteiger partial charge in [-0.05, 0) is 80.6 Å². The summed E-state index contributed by atoms with van der Waals surface area (Å²) >= 11 is 0. The van der Waals surface area contributed by atoms with Crippen LogP contribution in [0, 0.1) is 5.92 Å². The fourth-order valence-electron chi connectivity index (χ4n) is 5.11. The first-order chi connectivity index (χ1) is 15.7. The van der Waals surface area contributed by atoms with Gasteiger partial charge < -0.3 is 10.6 Å². The maximum absolute atomic E-state index is 13.4. The van der Waals surface area contributed by atoms with Gasteiger partial charge >= 0.3 is 6.18 Å². The number of fused-ring (bicyclic) bond motifs is 1. The molecule has 2 aromatic rings. The Hall–Kier alpha value is -2.10. The standard InChI is InChI=1S/C24H28F3N3O2S/c25-24(26,27)20-3-1-2-4-23(20)33(31,32)30-12-9-18-13-17(5-6-22(18)30)19-14-21(19)29-15-16-7-10-28-11-8-16/h1-6,13,16,19,21,28-29H,7-12,14-15H2/t19-,21+/m0/s1. The van der Waals surface area contributed by atoms with E-state index in [1.54, 1.807) is 6.07 Å². The number of piperidine rings is 1. The van der Waals surface area contributed by atoms with Crippen LogP contribution in [0.25, 0.3) is 0 Å². The molecule has 0 aromatic heterocycles. The molecule has 3 aliphatic rings. The van der Waals surface area contributed by atoms with Crippen molar-refractivity contribution in [3.63, 3.8) is 0 Å². The number of hydrogen-bond acceptors (Lipinski definition) is 4. The van der Waals surface area contributed by atoms with Gasteiger partial charge in [0.25, 0.3) is 10.0 Å². The fourth-order valence-corrected chi connectivity index (χ4v) is 6.83. The summed E-state index contributed by atoms with van der Waals surface area (Å²) in [7, 11) is -4.32. The normalized spacial score (nSPS) is 23.5. The lowest BCUT2D eigenvalue weighted by Gasteiger charge is -2.23. The minimum Gasteiger partial charge on any atom is -0.317 e. The molecular weight excluding hydrogens is 451 g/mol. The van der Waals surface area contributed by atoms with E-state index in [-0.39, 0.29) is 6.54 Å². The monoisotopic (exact) mass is 479 g/mol. The van der Waals surface area contributed by atoms with Crippen molar-refractivity contribution in [2.45, 2.75) is 48.7 Å². The van der Waals surface area contributed by atoms with Crippen LogP contribution in [0.5, 0.6) is 0 Å². The number of halogens is 3. The van der Waals surface area contributed by atoms with E-state index in [2.05, 4.69) is 10.6 Å². The first-order valence-electron chi connectivity index (χ1n) is 11.5. The summed E-state index contributed by atoms with van der Waals surface area (Å²) < 4.78 is 67.8. The molecule has 178 valence electrons. The second-order valence-electron chi connectivity index (χ2n) is 9.26. The second-order valence-corrected chi connectivity index (χ2v) is 11.1. The zero-order valence-electron chi connectivity index (χ0n) is 18.2. The smallest absolute Gasteiger partial charge is 0.317 e. The molecule has 1 saturated carbocycles. The lowest BCUT2D eigenvalue weighted by molar-refractivity contribution is -0.139. The zero-order chi connectivity index (χ0) is 23.2. The number of nitrogens with zero attached hydrogens (tertiary/aromatic N) is 1. The Morgan fingerprint density at radius 1 is 1.09 bits per heavy atom. The fraction of sp³-hybridized carbons (Fsp3) is 0.500. The van der Waals surface area contributed by atoms with E-state index in [0.29, 0.717) is 30.0 Å². The van der Waals surface area contributed by atoms with Crippen molar-refractivity contribution in [3.8, 4) is 0 Å². The first kappa shape index (κ1) is 22.7. The number of nitrogens with one attached hydrogen (secondary N) is 2. The third-order valence-corrected chi connectivity index (χ3v) is 8.93. The molecule has 1 aliphatic carbocycles. The first-order valence-corrected chi connectivity index (χ1v) is 12.9. The highest BCUT2D eigenvalue weighted by molar-refractivity contribution is 7.93. The minimum atomic E-state index is -4.74. The van der Waals surface area contributed by atoms with E-state index in [1.165, 1.54) is 30.5 Å². The van der Waals surface area contributed by atoms with Gasteiger partial charge in [-0.1, -0.05) is 24.3 Å². The van der Waals surface area contributed by atoms with Crippen molar-refractivity contribution < 1.29 is 21.6 Å². The zero-order valence-corrected chi connectivity index (χ0v) is 19.1. The summed E-state index contributed by atoms with van der Waals surface area (Å²) in [5, 5.41) is 7.06. The van der Waals surface area contributed by atoms with E-state index in [4.69, 9.17) is 0 Å². The molecule has 9 heteroatoms. The maximum atomic E-state index is 13.4. The Labute approximate surface area is 192 Å². The van der Waals surface area contributed by atoms with Crippen LogP contribution >= 0.6 is 0 Å². The quantitative estimate of drug-likeness (QED) is 0.660. The average Bonchev–Trinajstić information content (AvgIpc) is 3.46. The van der Waals surface area contributed by atoms with Gasteiger partial charge in [-0.15, -0.1) is 0 Å². The predicted octanol–water partition coefficient (Wildman–Crippen LogP) is 3.90. The van der Waals surface area contributed by atoms with Crippen LogP contribution in [0.15, 0.2) is 47.4 Å². The summed E-state index contributed by atoms with van der Waals surface area (Å²) in [6, 6.07) is 10.6. The molecule has 2 aliphatic heterocycles. The van der Waals surface area contributed by atoms with Gasteiger partial charge in [0, 0.05) is 18.5 Å². The molecule has 2 N–H and O–H groups in total. The molecule has 0 spiro atoms. The van der Waals surface area contributed by atoms with E-state index in [9.17, 15) is 21.6 Å². The van der Waals surface area contributed by atoms with Gasteiger partial charge in [-0.3, -0.25) is 4.31 Å².